The van der Waals surface area contributed by atoms with Gasteiger partial charge in [0.05, 0.1) is 99.7 Å². The van der Waals surface area contributed by atoms with Crippen molar-refractivity contribution in [1.29, 1.82) is 0 Å². The van der Waals surface area contributed by atoms with Crippen molar-refractivity contribution in [2.45, 2.75) is 0 Å². The van der Waals surface area contributed by atoms with Crippen LogP contribution in [0, 0.1) is 0 Å². The first-order valence-corrected chi connectivity index (χ1v) is 42.5. The molecule has 0 aliphatic carbocycles. The second-order valence-electron chi connectivity index (χ2n) is 33.5. The molecule has 0 unspecified atom stereocenters. The first-order chi connectivity index (χ1) is 61.5. The Bertz CT molecular complexity index is 9760. The summed E-state index contributed by atoms with van der Waals surface area (Å²) in [5.74, 6) is 0.786. The lowest BCUT2D eigenvalue weighted by molar-refractivity contribution is 0.980. The Morgan fingerprint density at radius 3 is 1.13 bits per heavy atom. The van der Waals surface area contributed by atoms with Crippen molar-refractivity contribution in [3.05, 3.63) is 388 Å². The number of hydrogen-bond acceptors (Lipinski definition) is 4. The van der Waals surface area contributed by atoms with Crippen LogP contribution in [0.3, 0.4) is 0 Å². The molecule has 10 aromatic heterocycles. The third-order valence-electron chi connectivity index (χ3n) is 27.3. The average molecular weight is 1570 g/mol. The van der Waals surface area contributed by atoms with Crippen molar-refractivity contribution in [1.82, 2.24) is 47.2 Å². The highest BCUT2D eigenvalue weighted by atomic mass is 15.2. The zero-order valence-corrected chi connectivity index (χ0v) is 66.4. The maximum atomic E-state index is 5.58. The number of para-hydroxylation sites is 8. The van der Waals surface area contributed by atoms with Gasteiger partial charge in [0.2, 0.25) is 0 Å². The maximum Gasteiger partial charge on any atom is 0.168 e. The fraction of sp³-hybridized carbons (Fsp3) is 0. The highest BCUT2D eigenvalue weighted by Crippen LogP contribution is 2.52. The lowest BCUT2D eigenvalue weighted by Crippen LogP contribution is -2.03. The number of aromatic nitrogens is 10. The van der Waals surface area contributed by atoms with Crippen LogP contribution in [-0.2, 0) is 0 Å². The lowest BCUT2D eigenvalue weighted by Gasteiger charge is -2.14. The third kappa shape index (κ3) is 8.80. The van der Waals surface area contributed by atoms with Crippen molar-refractivity contribution < 1.29 is 0 Å². The molecule has 19 aromatic carbocycles. The second-order valence-corrected chi connectivity index (χ2v) is 33.5. The molecule has 10 heteroatoms. The summed E-state index contributed by atoms with van der Waals surface area (Å²) in [6.45, 7) is 0. The summed E-state index contributed by atoms with van der Waals surface area (Å²) in [5.41, 5.74) is 28.9. The standard InChI is InChI=1S/C114H64N10/c1-2-24-72(25-3-1)119-95-37-17-10-28-77(95)80-55-48-70(61-101(80)119)105-82-31-8-9-32-85(82)114(118-117-105)124-109-76-27-7-5-23-67(76)47-58-84(109)91-64-92-88-60-69(50-59-100(88)123-99-41-21-14-34-87(99)104(112(92)123)113(91)124)65-42-51-73(52-43-65)120-96-38-18-11-29-78(96)81-56-49-71(62-102(81)120)107-106(115-93-35-15-16-36-94(93)116-107)68-44-53-74(54-45-68)121-108-75-26-6-4-22-66(75)46-57-83(108)90-63-89-79-30-12-19-39-97(79)122-98-40-20-13-33-86(98)103(110(90)121)111(89)122/h1-64H. The molecule has 0 aliphatic rings. The van der Waals surface area contributed by atoms with Crippen LogP contribution in [0.4, 0.5) is 0 Å². The molecular weight excluding hydrogens is 1510 g/mol. The first-order valence-electron chi connectivity index (χ1n) is 42.5. The van der Waals surface area contributed by atoms with E-state index in [4.69, 9.17) is 20.2 Å². The van der Waals surface area contributed by atoms with Gasteiger partial charge in [0.25, 0.3) is 0 Å². The van der Waals surface area contributed by atoms with Gasteiger partial charge in [0.1, 0.15) is 5.69 Å². The van der Waals surface area contributed by atoms with Gasteiger partial charge in [-0.25, -0.2) is 9.97 Å². The van der Waals surface area contributed by atoms with Gasteiger partial charge in [-0.3, -0.25) is 4.57 Å². The lowest BCUT2D eigenvalue weighted by atomic mass is 9.99. The van der Waals surface area contributed by atoms with Crippen LogP contribution in [0.1, 0.15) is 0 Å². The number of nitrogens with zero attached hydrogens (tertiary/aromatic N) is 10. The van der Waals surface area contributed by atoms with Crippen molar-refractivity contribution in [3.8, 4) is 67.8 Å². The van der Waals surface area contributed by atoms with Gasteiger partial charge in [-0.15, -0.1) is 10.2 Å². The van der Waals surface area contributed by atoms with E-state index in [9.17, 15) is 0 Å². The van der Waals surface area contributed by atoms with E-state index in [-0.39, 0.29) is 0 Å². The van der Waals surface area contributed by atoms with E-state index in [2.05, 4.69) is 415 Å². The molecule has 29 rings (SSSR count). The fourth-order valence-electron chi connectivity index (χ4n) is 22.0. The zero-order valence-electron chi connectivity index (χ0n) is 66.4. The van der Waals surface area contributed by atoms with Crippen LogP contribution in [0.2, 0.25) is 0 Å². The fourth-order valence-corrected chi connectivity index (χ4v) is 22.0. The van der Waals surface area contributed by atoms with E-state index in [0.29, 0.717) is 0 Å². The number of hydrogen-bond donors (Lipinski definition) is 0. The largest absolute Gasteiger partial charge is 0.309 e. The Labute approximate surface area is 705 Å². The summed E-state index contributed by atoms with van der Waals surface area (Å²) >= 11 is 0. The molecule has 29 aromatic rings. The van der Waals surface area contributed by atoms with Gasteiger partial charge in [-0.1, -0.05) is 273 Å². The second kappa shape index (κ2) is 24.5. The van der Waals surface area contributed by atoms with Crippen molar-refractivity contribution >= 4 is 207 Å². The molecule has 10 nitrogen and oxygen atoms in total. The average Bonchev–Trinajstić information content (AvgIpc) is 1.52. The molecule has 0 amide bonds. The molecule has 0 atom stereocenters. The molecule has 0 fully saturated rings. The minimum absolute atomic E-state index is 0.786. The Balaban J connectivity index is 0.568. The van der Waals surface area contributed by atoms with Crippen molar-refractivity contribution in [2.24, 2.45) is 0 Å². The van der Waals surface area contributed by atoms with Crippen LogP contribution in [0.25, 0.3) is 275 Å². The van der Waals surface area contributed by atoms with Crippen LogP contribution < -0.4 is 0 Å². The molecule has 124 heavy (non-hydrogen) atoms. The van der Waals surface area contributed by atoms with Crippen LogP contribution in [-0.4, -0.2) is 47.2 Å². The summed E-state index contributed by atoms with van der Waals surface area (Å²) in [7, 11) is 0. The summed E-state index contributed by atoms with van der Waals surface area (Å²) in [5, 5.41) is 36.9. The topological polar surface area (TPSA) is 80.1 Å². The Morgan fingerprint density at radius 2 is 0.548 bits per heavy atom. The Morgan fingerprint density at radius 1 is 0.169 bits per heavy atom. The number of benzene rings is 19. The molecule has 0 bridgehead atoms. The molecule has 0 aliphatic heterocycles. The highest BCUT2D eigenvalue weighted by molar-refractivity contribution is 6.38. The molecule has 570 valence electrons. The van der Waals surface area contributed by atoms with Crippen molar-refractivity contribution in [3.63, 3.8) is 0 Å². The van der Waals surface area contributed by atoms with E-state index in [1.165, 1.54) is 114 Å². The van der Waals surface area contributed by atoms with E-state index in [0.717, 1.165) is 161 Å². The SMILES string of the molecule is c1ccc(-n2c3ccccc3c3ccc(-c4nnc(-n5c6c7ccccc7ccc6c6cc7c8cc(-c9ccc(-n%10c%11ccccc%11c%11ccc(-c%12nc%13ccccc%13nc%12-c%12ccc(-n%13c%14c%15ccccc%15ccc%14c%14cc%15c%16ccccc%16n%16c%17ccccc%17c(c%14%13)c%15%16)cc%12)cc%11%10)cc9)ccc8n8c9ccccc9c(c65)c78)c5ccccc45)cc32)cc1. The molecule has 0 saturated heterocycles. The predicted molar refractivity (Wildman–Crippen MR) is 516 cm³/mol. The normalized spacial score (nSPS) is 12.5. The monoisotopic (exact) mass is 1570 g/mol. The molecular formula is C114H64N10. The van der Waals surface area contributed by atoms with Gasteiger partial charge in [0.15, 0.2) is 5.82 Å². The van der Waals surface area contributed by atoms with Gasteiger partial charge in [0, 0.05) is 141 Å². The van der Waals surface area contributed by atoms with E-state index in [1.807, 2.05) is 0 Å². The smallest absolute Gasteiger partial charge is 0.168 e. The third-order valence-corrected chi connectivity index (χ3v) is 27.3. The van der Waals surface area contributed by atoms with Gasteiger partial charge in [-0.2, -0.15) is 0 Å². The quantitative estimate of drug-likeness (QED) is 0.152. The minimum Gasteiger partial charge on any atom is -0.309 e. The van der Waals surface area contributed by atoms with Crippen LogP contribution >= 0.6 is 0 Å². The number of rotatable bonds is 8. The summed E-state index contributed by atoms with van der Waals surface area (Å²) in [6.07, 6.45) is 0. The van der Waals surface area contributed by atoms with E-state index >= 15 is 0 Å². The zero-order chi connectivity index (χ0) is 80.4. The van der Waals surface area contributed by atoms with E-state index in [1.54, 1.807) is 0 Å². The highest BCUT2D eigenvalue weighted by Gasteiger charge is 2.31. The van der Waals surface area contributed by atoms with Gasteiger partial charge < -0.3 is 22.5 Å². The Kier molecular flexibility index (Phi) is 13.0. The minimum atomic E-state index is 0.786. The predicted octanol–water partition coefficient (Wildman–Crippen LogP) is 29.2. The molecule has 0 N–H and O–H groups in total. The molecule has 0 saturated carbocycles. The number of fused-ring (bicyclic) bond motifs is 32. The molecule has 0 radical (unpaired) electrons. The molecule has 0 spiro atoms. The molecule has 10 heterocycles. The van der Waals surface area contributed by atoms with Crippen LogP contribution in [0.5, 0.6) is 0 Å². The van der Waals surface area contributed by atoms with Crippen LogP contribution in [0.15, 0.2) is 388 Å². The summed E-state index contributed by atoms with van der Waals surface area (Å²) in [6, 6.07) is 143. The van der Waals surface area contributed by atoms with Gasteiger partial charge >= 0.3 is 0 Å². The first kappa shape index (κ1) is 66.1. The maximum absolute atomic E-state index is 5.58. The Hall–Kier alpha value is -16.8. The van der Waals surface area contributed by atoms with E-state index < -0.39 is 0 Å². The summed E-state index contributed by atoms with van der Waals surface area (Å²) < 4.78 is 14.8. The summed E-state index contributed by atoms with van der Waals surface area (Å²) in [4.78, 5) is 11.1. The van der Waals surface area contributed by atoms with Crippen molar-refractivity contribution in [2.75, 3.05) is 0 Å². The van der Waals surface area contributed by atoms with Gasteiger partial charge in [-0.05, 0) is 137 Å².